The van der Waals surface area contributed by atoms with Crippen molar-refractivity contribution in [3.63, 3.8) is 0 Å². The Labute approximate surface area is 197 Å². The summed E-state index contributed by atoms with van der Waals surface area (Å²) in [6.45, 7) is 7.31. The number of carbonyl (C=O) groups is 2. The van der Waals surface area contributed by atoms with Crippen LogP contribution in [-0.2, 0) is 9.59 Å². The van der Waals surface area contributed by atoms with Crippen LogP contribution in [-0.4, -0.2) is 59.9 Å². The molecule has 0 spiro atoms. The van der Waals surface area contributed by atoms with E-state index in [-0.39, 0.29) is 11.3 Å². The van der Waals surface area contributed by atoms with Gasteiger partial charge in [-0.15, -0.1) is 0 Å². The Morgan fingerprint density at radius 3 is 2.50 bits per heavy atom. The number of aliphatic hydroxyl groups excluding tert-OH is 1. The molecule has 7 heteroatoms. The van der Waals surface area contributed by atoms with E-state index in [9.17, 15) is 14.7 Å². The van der Waals surface area contributed by atoms with Gasteiger partial charge in [0.05, 0.1) is 24.3 Å². The van der Waals surface area contributed by atoms with Gasteiger partial charge < -0.3 is 19.6 Å². The Kier molecular flexibility index (Phi) is 8.10. The summed E-state index contributed by atoms with van der Waals surface area (Å²) in [6, 6.07) is 13.8. The number of amides is 1. The van der Waals surface area contributed by atoms with Gasteiger partial charge >= 0.3 is 0 Å². The van der Waals surface area contributed by atoms with E-state index < -0.39 is 17.7 Å². The smallest absolute Gasteiger partial charge is 0.295 e. The van der Waals surface area contributed by atoms with Gasteiger partial charge in [0, 0.05) is 11.0 Å². The largest absolute Gasteiger partial charge is 0.507 e. The van der Waals surface area contributed by atoms with Gasteiger partial charge in [-0.3, -0.25) is 9.59 Å². The molecule has 1 saturated heterocycles. The third-order valence-corrected chi connectivity index (χ3v) is 6.33. The number of carbonyl (C=O) groups excluding carboxylic acids is 2. The zero-order valence-corrected chi connectivity index (χ0v) is 20.3. The molecule has 1 amide bonds. The van der Waals surface area contributed by atoms with Crippen LogP contribution >= 0.6 is 15.9 Å². The van der Waals surface area contributed by atoms with Gasteiger partial charge in [0.1, 0.15) is 11.5 Å². The van der Waals surface area contributed by atoms with Crippen molar-refractivity contribution in [3.8, 4) is 5.75 Å². The molecular formula is C25H29BrN2O4. The van der Waals surface area contributed by atoms with E-state index in [0.29, 0.717) is 17.9 Å². The summed E-state index contributed by atoms with van der Waals surface area (Å²) in [5, 5.41) is 11.2. The summed E-state index contributed by atoms with van der Waals surface area (Å²) in [7, 11) is 1.50. The predicted molar refractivity (Wildman–Crippen MR) is 129 cm³/mol. The lowest BCUT2D eigenvalue weighted by molar-refractivity contribution is -0.140. The number of methoxy groups -OCH3 is 1. The first-order valence-corrected chi connectivity index (χ1v) is 11.6. The van der Waals surface area contributed by atoms with Gasteiger partial charge in [-0.05, 0) is 55.9 Å². The van der Waals surface area contributed by atoms with Gasteiger partial charge in [0.15, 0.2) is 0 Å². The number of rotatable bonds is 9. The van der Waals surface area contributed by atoms with Crippen molar-refractivity contribution in [1.82, 2.24) is 9.80 Å². The number of para-hydroxylation sites is 1. The first-order chi connectivity index (χ1) is 15.4. The molecule has 1 atom stereocenters. The van der Waals surface area contributed by atoms with Crippen molar-refractivity contribution in [3.05, 3.63) is 69.7 Å². The summed E-state index contributed by atoms with van der Waals surface area (Å²) in [4.78, 5) is 30.1. The van der Waals surface area contributed by atoms with Gasteiger partial charge in [-0.1, -0.05) is 54.0 Å². The molecule has 1 aliphatic rings. The lowest BCUT2D eigenvalue weighted by atomic mass is 9.95. The standard InChI is InChI=1S/C25H29BrN2O4/c1-4-27(5-2)14-9-15-28-22(17-10-8-11-18(26)16-17)21(24(30)25(28)31)23(29)19-12-6-7-13-20(19)32-3/h6-8,10-13,16,22,29H,4-5,9,14-15H2,1-3H3/b23-21+. The van der Waals surface area contributed by atoms with Crippen LogP contribution in [0.1, 0.15) is 37.4 Å². The van der Waals surface area contributed by atoms with E-state index in [1.54, 1.807) is 29.2 Å². The fraction of sp³-hybridized carbons (Fsp3) is 0.360. The molecule has 3 rings (SSSR count). The molecule has 1 fully saturated rings. The highest BCUT2D eigenvalue weighted by Crippen LogP contribution is 2.41. The number of hydrogen-bond acceptors (Lipinski definition) is 5. The quantitative estimate of drug-likeness (QED) is 0.309. The maximum atomic E-state index is 13.1. The second-order valence-electron chi connectivity index (χ2n) is 7.63. The molecule has 1 unspecified atom stereocenters. The third kappa shape index (κ3) is 4.89. The van der Waals surface area contributed by atoms with Crippen molar-refractivity contribution in [2.24, 2.45) is 0 Å². The molecule has 6 nitrogen and oxygen atoms in total. The molecular weight excluding hydrogens is 472 g/mol. The minimum atomic E-state index is -0.679. The van der Waals surface area contributed by atoms with Crippen LogP contribution in [0.3, 0.4) is 0 Å². The first-order valence-electron chi connectivity index (χ1n) is 10.8. The average molecular weight is 501 g/mol. The van der Waals surface area contributed by atoms with E-state index in [1.165, 1.54) is 7.11 Å². The fourth-order valence-electron chi connectivity index (χ4n) is 4.12. The Morgan fingerprint density at radius 1 is 1.12 bits per heavy atom. The van der Waals surface area contributed by atoms with E-state index >= 15 is 0 Å². The number of hydrogen-bond donors (Lipinski definition) is 1. The van der Waals surface area contributed by atoms with Crippen LogP contribution in [0.15, 0.2) is 58.6 Å². The summed E-state index contributed by atoms with van der Waals surface area (Å²) in [5.41, 5.74) is 1.23. The predicted octanol–water partition coefficient (Wildman–Crippen LogP) is 4.61. The van der Waals surface area contributed by atoms with Crippen LogP contribution < -0.4 is 4.74 Å². The SMILES string of the molecule is CCN(CC)CCCN1C(=O)C(=O)/C(=C(/O)c2ccccc2OC)C1c1cccc(Br)c1. The number of ketones is 1. The number of Topliss-reactive ketones (excluding diaryl/α,β-unsaturated/α-hetero) is 1. The van der Waals surface area contributed by atoms with Crippen LogP contribution in [0.4, 0.5) is 0 Å². The van der Waals surface area contributed by atoms with Gasteiger partial charge in [-0.25, -0.2) is 0 Å². The van der Waals surface area contributed by atoms with Gasteiger partial charge in [0.25, 0.3) is 11.7 Å². The minimum Gasteiger partial charge on any atom is -0.507 e. The summed E-state index contributed by atoms with van der Waals surface area (Å²) in [6.07, 6.45) is 0.730. The maximum Gasteiger partial charge on any atom is 0.295 e. The molecule has 170 valence electrons. The average Bonchev–Trinajstić information content (AvgIpc) is 3.06. The highest BCUT2D eigenvalue weighted by molar-refractivity contribution is 9.10. The molecule has 0 saturated carbocycles. The Balaban J connectivity index is 2.07. The van der Waals surface area contributed by atoms with Crippen molar-refractivity contribution in [2.45, 2.75) is 26.3 Å². The van der Waals surface area contributed by atoms with Crippen LogP contribution in [0, 0.1) is 0 Å². The molecule has 0 aliphatic carbocycles. The lowest BCUT2D eigenvalue weighted by Crippen LogP contribution is -2.33. The summed E-state index contributed by atoms with van der Waals surface area (Å²) < 4.78 is 6.21. The van der Waals surface area contributed by atoms with Gasteiger partial charge in [0.2, 0.25) is 0 Å². The maximum absolute atomic E-state index is 13.1. The van der Waals surface area contributed by atoms with Crippen molar-refractivity contribution >= 4 is 33.4 Å². The minimum absolute atomic E-state index is 0.0837. The number of nitrogens with zero attached hydrogens (tertiary/aromatic N) is 2. The molecule has 1 heterocycles. The second kappa shape index (κ2) is 10.8. The zero-order valence-electron chi connectivity index (χ0n) is 18.7. The van der Waals surface area contributed by atoms with Crippen LogP contribution in [0.2, 0.25) is 0 Å². The number of aliphatic hydroxyl groups is 1. The monoisotopic (exact) mass is 500 g/mol. The summed E-state index contributed by atoms with van der Waals surface area (Å²) in [5.74, 6) is -1.06. The number of likely N-dealkylation sites (tertiary alicyclic amines) is 1. The Bertz CT molecular complexity index is 1020. The van der Waals surface area contributed by atoms with Gasteiger partial charge in [-0.2, -0.15) is 0 Å². The molecule has 0 bridgehead atoms. The number of halogens is 1. The highest BCUT2D eigenvalue weighted by Gasteiger charge is 2.46. The molecule has 2 aromatic carbocycles. The molecule has 2 aromatic rings. The van der Waals surface area contributed by atoms with E-state index in [1.807, 2.05) is 24.3 Å². The van der Waals surface area contributed by atoms with Crippen molar-refractivity contribution in [1.29, 1.82) is 0 Å². The number of ether oxygens (including phenoxy) is 1. The van der Waals surface area contributed by atoms with Crippen molar-refractivity contribution < 1.29 is 19.4 Å². The van der Waals surface area contributed by atoms with Crippen molar-refractivity contribution in [2.75, 3.05) is 33.3 Å². The molecule has 1 aliphatic heterocycles. The Hall–Kier alpha value is -2.64. The summed E-state index contributed by atoms with van der Waals surface area (Å²) >= 11 is 3.48. The highest BCUT2D eigenvalue weighted by atomic mass is 79.9. The topological polar surface area (TPSA) is 70.1 Å². The van der Waals surface area contributed by atoms with E-state index in [2.05, 4.69) is 34.7 Å². The number of benzene rings is 2. The fourth-order valence-corrected chi connectivity index (χ4v) is 4.54. The van der Waals surface area contributed by atoms with E-state index in [0.717, 1.165) is 36.1 Å². The normalized spacial score (nSPS) is 17.9. The second-order valence-corrected chi connectivity index (χ2v) is 8.54. The molecule has 0 radical (unpaired) electrons. The molecule has 0 aromatic heterocycles. The van der Waals surface area contributed by atoms with Crippen LogP contribution in [0.25, 0.3) is 5.76 Å². The lowest BCUT2D eigenvalue weighted by Gasteiger charge is -2.27. The Morgan fingerprint density at radius 2 is 1.84 bits per heavy atom. The van der Waals surface area contributed by atoms with Crippen LogP contribution in [0.5, 0.6) is 5.75 Å². The van der Waals surface area contributed by atoms with E-state index in [4.69, 9.17) is 4.74 Å². The molecule has 32 heavy (non-hydrogen) atoms. The molecule has 1 N–H and O–H groups in total. The zero-order chi connectivity index (χ0) is 23.3. The first kappa shape index (κ1) is 24.0. The third-order valence-electron chi connectivity index (χ3n) is 5.83.